The Kier molecular flexibility index (Phi) is 3.35. The third-order valence-corrected chi connectivity index (χ3v) is 1.57. The first-order valence-electron chi connectivity index (χ1n) is 2.89. The van der Waals surface area contributed by atoms with Gasteiger partial charge in [0.15, 0.2) is 0 Å². The molecular formula is C6H7ClF4. The summed E-state index contributed by atoms with van der Waals surface area (Å²) in [6.07, 6.45) is -4.96. The molecule has 0 saturated heterocycles. The Hall–Kier alpha value is -0.250. The van der Waals surface area contributed by atoms with Crippen molar-refractivity contribution in [2.45, 2.75) is 20.0 Å². The van der Waals surface area contributed by atoms with Gasteiger partial charge in [-0.25, -0.2) is 4.39 Å². The van der Waals surface area contributed by atoms with Gasteiger partial charge in [-0.3, -0.25) is 0 Å². The molecule has 0 aromatic carbocycles. The van der Waals surface area contributed by atoms with Crippen molar-refractivity contribution < 1.29 is 17.6 Å². The fraction of sp³-hybridized carbons (Fsp3) is 0.667. The molecule has 0 rings (SSSR count). The molecule has 0 bridgehead atoms. The highest BCUT2D eigenvalue weighted by atomic mass is 35.5. The molecule has 0 aliphatic rings. The molecule has 0 heterocycles. The van der Waals surface area contributed by atoms with Gasteiger partial charge in [-0.2, -0.15) is 13.2 Å². The normalized spacial score (nSPS) is 15.3. The fourth-order valence-corrected chi connectivity index (χ4v) is 0.496. The van der Waals surface area contributed by atoms with E-state index in [4.69, 9.17) is 11.6 Å². The predicted molar refractivity (Wildman–Crippen MR) is 34.9 cm³/mol. The van der Waals surface area contributed by atoms with Crippen LogP contribution in [0.2, 0.25) is 0 Å². The van der Waals surface area contributed by atoms with E-state index in [2.05, 4.69) is 0 Å². The van der Waals surface area contributed by atoms with Crippen LogP contribution in [0.3, 0.4) is 0 Å². The highest BCUT2D eigenvalue weighted by Gasteiger charge is 2.37. The Morgan fingerprint density at radius 1 is 1.27 bits per heavy atom. The minimum Gasteiger partial charge on any atom is -0.200 e. The molecular weight excluding hydrogens is 184 g/mol. The van der Waals surface area contributed by atoms with Crippen molar-refractivity contribution in [3.05, 3.63) is 10.9 Å². The highest BCUT2D eigenvalue weighted by Crippen LogP contribution is 2.33. The summed E-state index contributed by atoms with van der Waals surface area (Å²) in [6, 6.07) is 0. The quantitative estimate of drug-likeness (QED) is 0.554. The summed E-state index contributed by atoms with van der Waals surface area (Å²) < 4.78 is 46.8. The van der Waals surface area contributed by atoms with Crippen molar-refractivity contribution in [3.63, 3.8) is 0 Å². The molecule has 0 amide bonds. The SMILES string of the molecule is CC(C)/C(Cl)=C(/F)C(F)(F)F. The van der Waals surface area contributed by atoms with Gasteiger partial charge in [0.1, 0.15) is 0 Å². The van der Waals surface area contributed by atoms with Crippen LogP contribution in [0.5, 0.6) is 0 Å². The summed E-state index contributed by atoms with van der Waals surface area (Å²) >= 11 is 5.04. The topological polar surface area (TPSA) is 0 Å². The largest absolute Gasteiger partial charge is 0.444 e. The summed E-state index contributed by atoms with van der Waals surface area (Å²) in [5, 5.41) is -0.780. The van der Waals surface area contributed by atoms with E-state index in [9.17, 15) is 17.6 Å². The zero-order valence-corrected chi connectivity index (χ0v) is 6.72. The Morgan fingerprint density at radius 2 is 1.64 bits per heavy atom. The van der Waals surface area contributed by atoms with E-state index in [1.165, 1.54) is 13.8 Å². The Labute approximate surface area is 66.8 Å². The van der Waals surface area contributed by atoms with Crippen molar-refractivity contribution in [3.8, 4) is 0 Å². The number of rotatable bonds is 1. The molecule has 0 aromatic rings. The molecule has 0 unspecified atom stereocenters. The first-order valence-corrected chi connectivity index (χ1v) is 3.27. The molecule has 0 fully saturated rings. The monoisotopic (exact) mass is 190 g/mol. The van der Waals surface area contributed by atoms with Gasteiger partial charge in [0.25, 0.3) is 0 Å². The molecule has 0 spiro atoms. The Bertz CT molecular complexity index is 168. The van der Waals surface area contributed by atoms with Gasteiger partial charge in [0.05, 0.1) is 5.03 Å². The lowest BCUT2D eigenvalue weighted by atomic mass is 10.2. The summed E-state index contributed by atoms with van der Waals surface area (Å²) in [5.74, 6) is -2.84. The maximum atomic E-state index is 12.2. The average molecular weight is 191 g/mol. The molecule has 0 aliphatic carbocycles. The molecule has 0 aromatic heterocycles. The van der Waals surface area contributed by atoms with Gasteiger partial charge >= 0.3 is 6.18 Å². The summed E-state index contributed by atoms with van der Waals surface area (Å²) in [6.45, 7) is 2.77. The highest BCUT2D eigenvalue weighted by molar-refractivity contribution is 6.30. The Morgan fingerprint density at radius 3 is 1.73 bits per heavy atom. The van der Waals surface area contributed by atoms with E-state index in [0.717, 1.165) is 0 Å². The molecule has 0 radical (unpaired) electrons. The van der Waals surface area contributed by atoms with E-state index in [1.54, 1.807) is 0 Å². The number of hydrogen-bond acceptors (Lipinski definition) is 0. The van der Waals surface area contributed by atoms with E-state index in [1.807, 2.05) is 0 Å². The maximum absolute atomic E-state index is 12.2. The van der Waals surface area contributed by atoms with Crippen LogP contribution in [-0.2, 0) is 0 Å². The zero-order chi connectivity index (χ0) is 9.23. The average Bonchev–Trinajstić information content (AvgIpc) is 1.82. The van der Waals surface area contributed by atoms with Crippen LogP contribution < -0.4 is 0 Å². The van der Waals surface area contributed by atoms with Crippen LogP contribution in [0.15, 0.2) is 10.9 Å². The molecule has 66 valence electrons. The first kappa shape index (κ1) is 10.8. The van der Waals surface area contributed by atoms with Gasteiger partial charge in [0.2, 0.25) is 5.83 Å². The molecule has 5 heteroatoms. The van der Waals surface area contributed by atoms with Crippen LogP contribution in [0.1, 0.15) is 13.8 Å². The second kappa shape index (κ2) is 3.43. The van der Waals surface area contributed by atoms with Crippen molar-refractivity contribution in [1.29, 1.82) is 0 Å². The van der Waals surface area contributed by atoms with Gasteiger partial charge in [-0.05, 0) is 5.92 Å². The molecule has 0 N–H and O–H groups in total. The minimum atomic E-state index is -4.96. The van der Waals surface area contributed by atoms with Gasteiger partial charge in [0, 0.05) is 0 Å². The molecule has 0 saturated carbocycles. The fourth-order valence-electron chi connectivity index (χ4n) is 0.389. The van der Waals surface area contributed by atoms with Crippen LogP contribution in [0.4, 0.5) is 17.6 Å². The summed E-state index contributed by atoms with van der Waals surface area (Å²) in [7, 11) is 0. The van der Waals surface area contributed by atoms with Crippen molar-refractivity contribution >= 4 is 11.6 Å². The Balaban J connectivity index is 4.67. The number of alkyl halides is 3. The van der Waals surface area contributed by atoms with E-state index < -0.39 is 23.0 Å². The summed E-state index contributed by atoms with van der Waals surface area (Å²) in [4.78, 5) is 0. The lowest BCUT2D eigenvalue weighted by Crippen LogP contribution is -2.10. The van der Waals surface area contributed by atoms with Crippen LogP contribution in [0.25, 0.3) is 0 Å². The van der Waals surface area contributed by atoms with Gasteiger partial charge in [-0.15, -0.1) is 0 Å². The standard InChI is InChI=1S/C6H7ClF4/c1-3(2)4(7)5(8)6(9,10)11/h3H,1-2H3/b5-4-. The molecule has 0 nitrogen and oxygen atoms in total. The van der Waals surface area contributed by atoms with Crippen molar-refractivity contribution in [2.75, 3.05) is 0 Å². The second-order valence-corrected chi connectivity index (χ2v) is 2.72. The first-order chi connectivity index (χ1) is 4.76. The number of halogens is 5. The number of allylic oxidation sites excluding steroid dienone is 2. The van der Waals surface area contributed by atoms with E-state index in [0.29, 0.717) is 0 Å². The predicted octanol–water partition coefficient (Wildman–Crippen LogP) is 3.62. The molecule has 11 heavy (non-hydrogen) atoms. The van der Waals surface area contributed by atoms with Crippen LogP contribution >= 0.6 is 11.6 Å². The number of hydrogen-bond donors (Lipinski definition) is 0. The lowest BCUT2D eigenvalue weighted by molar-refractivity contribution is -0.109. The molecule has 0 aliphatic heterocycles. The minimum absolute atomic E-state index is 0.640. The van der Waals surface area contributed by atoms with E-state index >= 15 is 0 Å². The third kappa shape index (κ3) is 3.10. The zero-order valence-electron chi connectivity index (χ0n) is 5.97. The summed E-state index contributed by atoms with van der Waals surface area (Å²) in [5.41, 5.74) is 0. The third-order valence-electron chi connectivity index (χ3n) is 0.965. The molecule has 0 atom stereocenters. The van der Waals surface area contributed by atoms with Crippen LogP contribution in [-0.4, -0.2) is 6.18 Å². The second-order valence-electron chi connectivity index (χ2n) is 2.31. The van der Waals surface area contributed by atoms with Crippen LogP contribution in [0, 0.1) is 5.92 Å². The van der Waals surface area contributed by atoms with Crippen molar-refractivity contribution in [2.24, 2.45) is 5.92 Å². The van der Waals surface area contributed by atoms with Gasteiger partial charge < -0.3 is 0 Å². The van der Waals surface area contributed by atoms with E-state index in [-0.39, 0.29) is 0 Å². The maximum Gasteiger partial charge on any atom is 0.444 e. The lowest BCUT2D eigenvalue weighted by Gasteiger charge is -2.07. The smallest absolute Gasteiger partial charge is 0.200 e. The van der Waals surface area contributed by atoms with Crippen molar-refractivity contribution in [1.82, 2.24) is 0 Å². The van der Waals surface area contributed by atoms with Gasteiger partial charge in [-0.1, -0.05) is 25.4 Å².